The van der Waals surface area contributed by atoms with E-state index in [-0.39, 0.29) is 11.2 Å². The molecule has 108 valence electrons. The third-order valence-electron chi connectivity index (χ3n) is 6.03. The van der Waals surface area contributed by atoms with Gasteiger partial charge in [-0.15, -0.1) is 0 Å². The van der Waals surface area contributed by atoms with Crippen LogP contribution < -0.4 is 0 Å². The van der Waals surface area contributed by atoms with Crippen LogP contribution in [0.1, 0.15) is 19.3 Å². The second kappa shape index (κ2) is 3.89. The summed E-state index contributed by atoms with van der Waals surface area (Å²) in [6.07, 6.45) is 7.81. The molecule has 21 heavy (non-hydrogen) atoms. The molecule has 0 aromatic heterocycles. The fourth-order valence-corrected chi connectivity index (χ4v) is 7.39. The summed E-state index contributed by atoms with van der Waals surface area (Å²) >= 11 is 0. The molecule has 4 aliphatic rings. The Kier molecular flexibility index (Phi) is 2.26. The van der Waals surface area contributed by atoms with Crippen LogP contribution in [0.3, 0.4) is 0 Å². The van der Waals surface area contributed by atoms with Crippen LogP contribution in [0.15, 0.2) is 58.5 Å². The highest BCUT2D eigenvalue weighted by Crippen LogP contribution is 2.62. The van der Waals surface area contributed by atoms with Crippen molar-refractivity contribution >= 4 is 9.84 Å². The van der Waals surface area contributed by atoms with E-state index in [1.54, 1.807) is 17.7 Å². The zero-order valence-electron chi connectivity index (χ0n) is 11.8. The minimum atomic E-state index is -3.18. The van der Waals surface area contributed by atoms with Crippen LogP contribution in [-0.2, 0) is 9.84 Å². The maximum absolute atomic E-state index is 13.0. The van der Waals surface area contributed by atoms with Gasteiger partial charge in [-0.2, -0.15) is 0 Å². The Labute approximate surface area is 125 Å². The predicted octanol–water partition coefficient (Wildman–Crippen LogP) is 3.37. The average Bonchev–Trinajstić information content (AvgIpc) is 3.26. The molecule has 1 aromatic rings. The summed E-state index contributed by atoms with van der Waals surface area (Å²) in [6, 6.07) is 9.02. The number of fused-ring (bicyclic) bond motifs is 8. The van der Waals surface area contributed by atoms with Crippen molar-refractivity contribution in [2.45, 2.75) is 29.4 Å². The number of rotatable bonds is 2. The molecule has 0 heterocycles. The molecule has 0 radical (unpaired) electrons. The summed E-state index contributed by atoms with van der Waals surface area (Å²) < 4.78 is 26.0. The number of hydrogen-bond acceptors (Lipinski definition) is 2. The number of hydrogen-bond donors (Lipinski definition) is 0. The molecule has 0 N–H and O–H groups in total. The zero-order valence-corrected chi connectivity index (χ0v) is 12.6. The second-order valence-corrected chi connectivity index (χ2v) is 9.08. The molecule has 0 amide bonds. The smallest absolute Gasteiger partial charge is 0.181 e. The van der Waals surface area contributed by atoms with E-state index in [0.29, 0.717) is 22.6 Å². The highest BCUT2D eigenvalue weighted by molar-refractivity contribution is 7.92. The largest absolute Gasteiger partial charge is 0.223 e. The van der Waals surface area contributed by atoms with Gasteiger partial charge in [0.25, 0.3) is 0 Å². The minimum Gasteiger partial charge on any atom is -0.223 e. The van der Waals surface area contributed by atoms with E-state index < -0.39 is 9.84 Å². The summed E-state index contributed by atoms with van der Waals surface area (Å²) in [4.78, 5) is 0.503. The van der Waals surface area contributed by atoms with Gasteiger partial charge in [-0.1, -0.05) is 41.5 Å². The molecule has 5 atom stereocenters. The van der Waals surface area contributed by atoms with Crippen molar-refractivity contribution in [2.24, 2.45) is 23.7 Å². The van der Waals surface area contributed by atoms with Crippen LogP contribution in [0.5, 0.6) is 0 Å². The summed E-state index contributed by atoms with van der Waals surface area (Å²) in [7, 11) is -3.18. The van der Waals surface area contributed by atoms with Crippen molar-refractivity contribution < 1.29 is 8.42 Å². The van der Waals surface area contributed by atoms with Crippen LogP contribution in [-0.4, -0.2) is 13.7 Å². The normalized spacial score (nSPS) is 39.3. The molecule has 0 spiro atoms. The first-order valence-corrected chi connectivity index (χ1v) is 9.42. The highest BCUT2D eigenvalue weighted by atomic mass is 32.2. The van der Waals surface area contributed by atoms with Gasteiger partial charge in [-0.05, 0) is 55.1 Å². The van der Waals surface area contributed by atoms with E-state index in [1.165, 1.54) is 12.0 Å². The molecule has 4 aliphatic carbocycles. The molecule has 1 saturated carbocycles. The standard InChI is InChI=1S/C18H18O2S/c19-21(20,14-4-2-1-3-5-14)16-10-13-9-15(16)18-12-7-6-11(8-12)17(13)18/h1-7,11-13,15-16H,8-10H2/t11-,12-,13+,15-,16+/m0/s1. The van der Waals surface area contributed by atoms with E-state index in [0.717, 1.165) is 12.8 Å². The maximum Gasteiger partial charge on any atom is 0.181 e. The van der Waals surface area contributed by atoms with Gasteiger partial charge in [-0.3, -0.25) is 0 Å². The highest BCUT2D eigenvalue weighted by Gasteiger charge is 2.56. The molecule has 4 bridgehead atoms. The molecule has 0 aliphatic heterocycles. The molecule has 5 rings (SSSR count). The van der Waals surface area contributed by atoms with E-state index in [9.17, 15) is 8.42 Å². The van der Waals surface area contributed by atoms with Gasteiger partial charge in [0.15, 0.2) is 9.84 Å². The first-order valence-electron chi connectivity index (χ1n) is 7.87. The lowest BCUT2D eigenvalue weighted by Gasteiger charge is -2.28. The van der Waals surface area contributed by atoms with E-state index >= 15 is 0 Å². The monoisotopic (exact) mass is 298 g/mol. The lowest BCUT2D eigenvalue weighted by Crippen LogP contribution is -2.30. The quantitative estimate of drug-likeness (QED) is 0.619. The second-order valence-electron chi connectivity index (χ2n) is 6.92. The zero-order chi connectivity index (χ0) is 14.2. The van der Waals surface area contributed by atoms with Gasteiger partial charge < -0.3 is 0 Å². The van der Waals surface area contributed by atoms with Crippen molar-refractivity contribution in [3.63, 3.8) is 0 Å². The van der Waals surface area contributed by atoms with Crippen molar-refractivity contribution in [3.05, 3.63) is 53.6 Å². The third kappa shape index (κ3) is 1.45. The maximum atomic E-state index is 13.0. The van der Waals surface area contributed by atoms with Crippen LogP contribution in [0, 0.1) is 23.7 Å². The fraction of sp³-hybridized carbons (Fsp3) is 0.444. The molecule has 3 heteroatoms. The van der Waals surface area contributed by atoms with Crippen molar-refractivity contribution in [2.75, 3.05) is 0 Å². The minimum absolute atomic E-state index is 0.184. The van der Waals surface area contributed by atoms with Crippen molar-refractivity contribution in [1.82, 2.24) is 0 Å². The van der Waals surface area contributed by atoms with Gasteiger partial charge in [-0.25, -0.2) is 8.42 Å². The summed E-state index contributed by atoms with van der Waals surface area (Å²) in [5.74, 6) is 2.01. The summed E-state index contributed by atoms with van der Waals surface area (Å²) in [5.41, 5.74) is 3.15. The third-order valence-corrected chi connectivity index (χ3v) is 8.28. The van der Waals surface area contributed by atoms with Gasteiger partial charge >= 0.3 is 0 Å². The molecular formula is C18H18O2S. The lowest BCUT2D eigenvalue weighted by molar-refractivity contribution is 0.536. The van der Waals surface area contributed by atoms with E-state index in [4.69, 9.17) is 0 Å². The van der Waals surface area contributed by atoms with Crippen LogP contribution in [0.2, 0.25) is 0 Å². The lowest BCUT2D eigenvalue weighted by atomic mass is 9.85. The summed E-state index contributed by atoms with van der Waals surface area (Å²) in [6.45, 7) is 0. The first kappa shape index (κ1) is 12.2. The fourth-order valence-electron chi connectivity index (χ4n) is 5.32. The van der Waals surface area contributed by atoms with Crippen LogP contribution in [0.4, 0.5) is 0 Å². The number of sulfone groups is 1. The predicted molar refractivity (Wildman–Crippen MR) is 81.4 cm³/mol. The Hall–Kier alpha value is -1.35. The number of allylic oxidation sites excluding steroid dienone is 4. The van der Waals surface area contributed by atoms with Crippen LogP contribution in [0.25, 0.3) is 0 Å². The molecule has 1 fully saturated rings. The Balaban J connectivity index is 1.56. The number of benzene rings is 1. The average molecular weight is 298 g/mol. The Morgan fingerprint density at radius 2 is 1.57 bits per heavy atom. The van der Waals surface area contributed by atoms with Crippen LogP contribution >= 0.6 is 0 Å². The van der Waals surface area contributed by atoms with Crippen molar-refractivity contribution in [1.29, 1.82) is 0 Å². The molecule has 1 aromatic carbocycles. The topological polar surface area (TPSA) is 34.1 Å². The summed E-state index contributed by atoms with van der Waals surface area (Å²) in [5, 5.41) is -0.184. The molecule has 0 saturated heterocycles. The molecular weight excluding hydrogens is 280 g/mol. The Morgan fingerprint density at radius 3 is 2.33 bits per heavy atom. The van der Waals surface area contributed by atoms with E-state index in [1.807, 2.05) is 18.2 Å². The van der Waals surface area contributed by atoms with E-state index in [2.05, 4.69) is 12.2 Å². The molecule has 0 unspecified atom stereocenters. The SMILES string of the molecule is O=S(=O)(c1ccccc1)[C@@H]1C[C@H]2C[C@@H]1C1=C2[C@H]2C=C[C@H]1C2. The Morgan fingerprint density at radius 1 is 0.857 bits per heavy atom. The van der Waals surface area contributed by atoms with Gasteiger partial charge in [0.1, 0.15) is 0 Å². The van der Waals surface area contributed by atoms with Crippen molar-refractivity contribution in [3.8, 4) is 0 Å². The molecule has 2 nitrogen and oxygen atoms in total. The first-order chi connectivity index (χ1) is 10.2. The van der Waals surface area contributed by atoms with Gasteiger partial charge in [0.05, 0.1) is 10.1 Å². The van der Waals surface area contributed by atoms with Gasteiger partial charge in [0.2, 0.25) is 0 Å². The Bertz CT molecular complexity index is 773. The van der Waals surface area contributed by atoms with Gasteiger partial charge in [0, 0.05) is 0 Å².